The molecule has 1 heterocycles. The lowest BCUT2D eigenvalue weighted by Crippen LogP contribution is -2.45. The number of piperidine rings is 1. The second-order valence-corrected chi connectivity index (χ2v) is 6.98. The molecule has 1 saturated heterocycles. The highest BCUT2D eigenvalue weighted by atomic mass is 79.9. The van der Waals surface area contributed by atoms with Gasteiger partial charge < -0.3 is 14.7 Å². The lowest BCUT2D eigenvalue weighted by Gasteiger charge is -2.32. The Bertz CT molecular complexity index is 586. The fraction of sp³-hybridized carbons (Fsp3) is 0.529. The zero-order valence-corrected chi connectivity index (χ0v) is 15.2. The van der Waals surface area contributed by atoms with Gasteiger partial charge in [-0.25, -0.2) is 0 Å². The first kappa shape index (κ1) is 17.8. The minimum Gasteiger partial charge on any atom is -0.481 e. The second-order valence-electron chi connectivity index (χ2n) is 6.07. The van der Waals surface area contributed by atoms with Crippen LogP contribution in [0.25, 0.3) is 0 Å². The maximum atomic E-state index is 12.5. The molecule has 1 atom stereocenters. The third-order valence-electron chi connectivity index (χ3n) is 4.22. The van der Waals surface area contributed by atoms with Crippen molar-refractivity contribution < 1.29 is 19.4 Å². The molecule has 1 aliphatic rings. The highest BCUT2D eigenvalue weighted by Gasteiger charge is 2.30. The molecule has 0 aromatic heterocycles. The zero-order valence-electron chi connectivity index (χ0n) is 13.6. The fourth-order valence-electron chi connectivity index (χ4n) is 2.91. The van der Waals surface area contributed by atoms with E-state index in [2.05, 4.69) is 15.9 Å². The number of carbonyl (C=O) groups is 2. The van der Waals surface area contributed by atoms with Crippen molar-refractivity contribution in [2.45, 2.75) is 39.7 Å². The van der Waals surface area contributed by atoms with Gasteiger partial charge in [0.25, 0.3) is 5.91 Å². The fourth-order valence-corrected chi connectivity index (χ4v) is 3.60. The van der Waals surface area contributed by atoms with Gasteiger partial charge in [-0.3, -0.25) is 9.59 Å². The van der Waals surface area contributed by atoms with E-state index in [4.69, 9.17) is 9.84 Å². The van der Waals surface area contributed by atoms with Crippen LogP contribution in [0.15, 0.2) is 16.6 Å². The number of aryl methyl sites for hydroxylation is 2. The number of halogens is 1. The normalized spacial score (nSPS) is 17.0. The molecule has 0 bridgehead atoms. The van der Waals surface area contributed by atoms with E-state index in [0.29, 0.717) is 25.9 Å². The number of benzene rings is 1. The van der Waals surface area contributed by atoms with Crippen LogP contribution in [0.5, 0.6) is 5.75 Å². The lowest BCUT2D eigenvalue weighted by atomic mass is 9.97. The molecule has 1 fully saturated rings. The van der Waals surface area contributed by atoms with Crippen molar-refractivity contribution in [2.24, 2.45) is 5.92 Å². The molecular formula is C17H22BrNO4. The van der Waals surface area contributed by atoms with Gasteiger partial charge in [-0.05, 0) is 56.9 Å². The maximum absolute atomic E-state index is 12.5. The predicted octanol–water partition coefficient (Wildman–Crippen LogP) is 3.16. The number of carboxylic acid groups (broad SMARTS) is 1. The van der Waals surface area contributed by atoms with Crippen molar-refractivity contribution in [3.63, 3.8) is 0 Å². The number of hydrogen-bond donors (Lipinski definition) is 1. The molecule has 1 unspecified atom stereocenters. The number of aliphatic carboxylic acids is 1. The summed E-state index contributed by atoms with van der Waals surface area (Å²) in [7, 11) is 0. The summed E-state index contributed by atoms with van der Waals surface area (Å²) in [6.07, 6.45) is 0.420. The summed E-state index contributed by atoms with van der Waals surface area (Å²) in [4.78, 5) is 25.2. The van der Waals surface area contributed by atoms with E-state index in [9.17, 15) is 9.59 Å². The summed E-state index contributed by atoms with van der Waals surface area (Å²) in [5, 5.41) is 9.02. The summed E-state index contributed by atoms with van der Waals surface area (Å²) >= 11 is 3.44. The standard InChI is InChI=1S/C17H22BrNO4/c1-10-8-14(18)9-11(2)15(10)23-12(3)16(20)19-6-4-13(5-7-19)17(21)22/h8-9,12-13H,4-7H2,1-3H3,(H,21,22). The van der Waals surface area contributed by atoms with Gasteiger partial charge in [-0.1, -0.05) is 15.9 Å². The first-order valence-electron chi connectivity index (χ1n) is 7.74. The Morgan fingerprint density at radius 3 is 2.26 bits per heavy atom. The van der Waals surface area contributed by atoms with Crippen LogP contribution in [-0.4, -0.2) is 41.1 Å². The SMILES string of the molecule is Cc1cc(Br)cc(C)c1OC(C)C(=O)N1CCC(C(=O)O)CC1. The Morgan fingerprint density at radius 1 is 1.26 bits per heavy atom. The highest BCUT2D eigenvalue weighted by Crippen LogP contribution is 2.28. The van der Waals surface area contributed by atoms with Crippen LogP contribution in [0.1, 0.15) is 30.9 Å². The Morgan fingerprint density at radius 2 is 1.78 bits per heavy atom. The number of likely N-dealkylation sites (tertiary alicyclic amines) is 1. The van der Waals surface area contributed by atoms with Crippen LogP contribution in [0.4, 0.5) is 0 Å². The molecule has 5 nitrogen and oxygen atoms in total. The van der Waals surface area contributed by atoms with Crippen molar-refractivity contribution in [3.8, 4) is 5.75 Å². The third-order valence-corrected chi connectivity index (χ3v) is 4.68. The van der Waals surface area contributed by atoms with Crippen LogP contribution < -0.4 is 4.74 Å². The second kappa shape index (κ2) is 7.34. The summed E-state index contributed by atoms with van der Waals surface area (Å²) < 4.78 is 6.87. The highest BCUT2D eigenvalue weighted by molar-refractivity contribution is 9.10. The summed E-state index contributed by atoms with van der Waals surface area (Å²) in [6.45, 7) is 6.58. The summed E-state index contributed by atoms with van der Waals surface area (Å²) in [5.74, 6) is -0.473. The maximum Gasteiger partial charge on any atom is 0.306 e. The van der Waals surface area contributed by atoms with Gasteiger partial charge in [0.15, 0.2) is 6.10 Å². The molecule has 1 aliphatic heterocycles. The minimum absolute atomic E-state index is 0.0874. The van der Waals surface area contributed by atoms with Gasteiger partial charge in [-0.15, -0.1) is 0 Å². The average Bonchev–Trinajstić information content (AvgIpc) is 2.50. The minimum atomic E-state index is -0.775. The Labute approximate surface area is 144 Å². The van der Waals surface area contributed by atoms with E-state index in [-0.39, 0.29) is 11.8 Å². The molecule has 2 rings (SSSR count). The van der Waals surface area contributed by atoms with Crippen LogP contribution in [-0.2, 0) is 9.59 Å². The molecule has 0 aliphatic carbocycles. The summed E-state index contributed by atoms with van der Waals surface area (Å²) in [6, 6.07) is 3.91. The molecule has 23 heavy (non-hydrogen) atoms. The van der Waals surface area contributed by atoms with Crippen LogP contribution in [0.3, 0.4) is 0 Å². The van der Waals surface area contributed by atoms with E-state index >= 15 is 0 Å². The molecule has 6 heteroatoms. The smallest absolute Gasteiger partial charge is 0.306 e. The number of carboxylic acids is 1. The van der Waals surface area contributed by atoms with E-state index in [0.717, 1.165) is 21.3 Å². The quantitative estimate of drug-likeness (QED) is 0.866. The van der Waals surface area contributed by atoms with Crippen molar-refractivity contribution in [2.75, 3.05) is 13.1 Å². The lowest BCUT2D eigenvalue weighted by molar-refractivity contribution is -0.147. The molecule has 0 radical (unpaired) electrons. The van der Waals surface area contributed by atoms with Crippen molar-refractivity contribution in [3.05, 3.63) is 27.7 Å². The number of ether oxygens (including phenoxy) is 1. The van der Waals surface area contributed by atoms with E-state index in [1.165, 1.54) is 0 Å². The number of carbonyl (C=O) groups excluding carboxylic acids is 1. The van der Waals surface area contributed by atoms with Gasteiger partial charge in [0.1, 0.15) is 5.75 Å². The molecular weight excluding hydrogens is 362 g/mol. The molecule has 1 aromatic rings. The van der Waals surface area contributed by atoms with Gasteiger partial charge in [0, 0.05) is 17.6 Å². The molecule has 1 N–H and O–H groups in total. The van der Waals surface area contributed by atoms with Gasteiger partial charge in [-0.2, -0.15) is 0 Å². The van der Waals surface area contributed by atoms with Crippen LogP contribution >= 0.6 is 15.9 Å². The molecule has 0 saturated carbocycles. The van der Waals surface area contributed by atoms with Crippen LogP contribution in [0, 0.1) is 19.8 Å². The molecule has 1 aromatic carbocycles. The van der Waals surface area contributed by atoms with Crippen molar-refractivity contribution >= 4 is 27.8 Å². The first-order valence-corrected chi connectivity index (χ1v) is 8.54. The molecule has 1 amide bonds. The van der Waals surface area contributed by atoms with Crippen molar-refractivity contribution in [1.82, 2.24) is 4.90 Å². The number of hydrogen-bond acceptors (Lipinski definition) is 3. The number of rotatable bonds is 4. The largest absolute Gasteiger partial charge is 0.481 e. The van der Waals surface area contributed by atoms with E-state index < -0.39 is 12.1 Å². The topological polar surface area (TPSA) is 66.8 Å². The van der Waals surface area contributed by atoms with Gasteiger partial charge in [0.05, 0.1) is 5.92 Å². The Kier molecular flexibility index (Phi) is 5.68. The van der Waals surface area contributed by atoms with Gasteiger partial charge in [0.2, 0.25) is 0 Å². The molecule has 126 valence electrons. The Hall–Kier alpha value is -1.56. The monoisotopic (exact) mass is 383 g/mol. The van der Waals surface area contributed by atoms with E-state index in [1.807, 2.05) is 26.0 Å². The Balaban J connectivity index is 2.00. The average molecular weight is 384 g/mol. The molecule has 0 spiro atoms. The number of amides is 1. The predicted molar refractivity (Wildman–Crippen MR) is 90.6 cm³/mol. The van der Waals surface area contributed by atoms with Crippen molar-refractivity contribution in [1.29, 1.82) is 0 Å². The third kappa shape index (κ3) is 4.25. The summed E-state index contributed by atoms with van der Waals surface area (Å²) in [5.41, 5.74) is 1.95. The van der Waals surface area contributed by atoms with Crippen LogP contribution in [0.2, 0.25) is 0 Å². The van der Waals surface area contributed by atoms with Gasteiger partial charge >= 0.3 is 5.97 Å². The van der Waals surface area contributed by atoms with E-state index in [1.54, 1.807) is 11.8 Å². The first-order chi connectivity index (χ1) is 10.8. The number of nitrogens with zero attached hydrogens (tertiary/aromatic N) is 1. The zero-order chi connectivity index (χ0) is 17.1.